The maximum absolute atomic E-state index is 13.9. The van der Waals surface area contributed by atoms with Crippen molar-refractivity contribution in [2.75, 3.05) is 20.2 Å². The maximum atomic E-state index is 13.9. The van der Waals surface area contributed by atoms with E-state index in [2.05, 4.69) is 0 Å². The van der Waals surface area contributed by atoms with Crippen molar-refractivity contribution in [3.63, 3.8) is 0 Å². The first-order chi connectivity index (χ1) is 11.9. The average molecular weight is 349 g/mol. The first kappa shape index (κ1) is 19.0. The van der Waals surface area contributed by atoms with E-state index in [1.54, 1.807) is 0 Å². The molecule has 2 aromatic rings. The molecule has 25 heavy (non-hydrogen) atoms. The van der Waals surface area contributed by atoms with Gasteiger partial charge in [0.05, 0.1) is 24.9 Å². The van der Waals surface area contributed by atoms with Gasteiger partial charge in [-0.15, -0.1) is 0 Å². The molecular weight excluding hydrogens is 328 g/mol. The number of hydrogen-bond donors (Lipinski definition) is 1. The summed E-state index contributed by atoms with van der Waals surface area (Å²) in [6.07, 6.45) is -0.934. The van der Waals surface area contributed by atoms with Crippen molar-refractivity contribution >= 4 is 5.91 Å². The molecule has 0 bridgehead atoms. The molecule has 6 heteroatoms. The van der Waals surface area contributed by atoms with Crippen LogP contribution in [0.3, 0.4) is 0 Å². The average Bonchev–Trinajstić information content (AvgIpc) is 2.58. The summed E-state index contributed by atoms with van der Waals surface area (Å²) in [6, 6.07) is 11.3. The molecule has 0 spiro atoms. The number of carbonyl (C=O) groups is 1. The highest BCUT2D eigenvalue weighted by Gasteiger charge is 2.20. The van der Waals surface area contributed by atoms with Crippen LogP contribution in [0.2, 0.25) is 0 Å². The van der Waals surface area contributed by atoms with Crippen LogP contribution in [0.15, 0.2) is 42.5 Å². The molecule has 0 saturated heterocycles. The molecule has 0 aromatic heterocycles. The summed E-state index contributed by atoms with van der Waals surface area (Å²) in [5.74, 6) is -2.13. The van der Waals surface area contributed by atoms with Crippen LogP contribution in [0, 0.1) is 18.6 Å². The Morgan fingerprint density at radius 3 is 2.56 bits per heavy atom. The lowest BCUT2D eigenvalue weighted by atomic mass is 10.1. The Kier molecular flexibility index (Phi) is 6.61. The number of nitrogens with zero attached hydrogens (tertiary/aromatic N) is 1. The van der Waals surface area contributed by atoms with Gasteiger partial charge in [0.2, 0.25) is 0 Å². The second-order valence-corrected chi connectivity index (χ2v) is 5.92. The van der Waals surface area contributed by atoms with E-state index in [1.807, 2.05) is 30.3 Å². The van der Waals surface area contributed by atoms with Crippen LogP contribution >= 0.6 is 0 Å². The molecule has 1 unspecified atom stereocenters. The SMILES string of the molecule is Cc1cc(F)c(C(=O)N(C)CC(O)COCc2ccccc2)cc1F. The van der Waals surface area contributed by atoms with Gasteiger partial charge in [0.1, 0.15) is 11.6 Å². The number of hydrogen-bond acceptors (Lipinski definition) is 3. The van der Waals surface area contributed by atoms with E-state index >= 15 is 0 Å². The first-order valence-corrected chi connectivity index (χ1v) is 7.89. The summed E-state index contributed by atoms with van der Waals surface area (Å²) < 4.78 is 32.8. The number of amides is 1. The Morgan fingerprint density at radius 2 is 1.88 bits per heavy atom. The molecule has 0 saturated carbocycles. The lowest BCUT2D eigenvalue weighted by Crippen LogP contribution is -2.36. The zero-order chi connectivity index (χ0) is 18.4. The fourth-order valence-corrected chi connectivity index (χ4v) is 2.35. The van der Waals surface area contributed by atoms with Crippen molar-refractivity contribution in [2.24, 2.45) is 0 Å². The zero-order valence-corrected chi connectivity index (χ0v) is 14.2. The second-order valence-electron chi connectivity index (χ2n) is 5.92. The molecule has 4 nitrogen and oxygen atoms in total. The van der Waals surface area contributed by atoms with Crippen LogP contribution < -0.4 is 0 Å². The fourth-order valence-electron chi connectivity index (χ4n) is 2.35. The number of ether oxygens (including phenoxy) is 1. The van der Waals surface area contributed by atoms with Gasteiger partial charge in [0.25, 0.3) is 5.91 Å². The molecule has 2 rings (SSSR count). The molecular formula is C19H21F2NO3. The largest absolute Gasteiger partial charge is 0.389 e. The highest BCUT2D eigenvalue weighted by atomic mass is 19.1. The smallest absolute Gasteiger partial charge is 0.256 e. The topological polar surface area (TPSA) is 49.8 Å². The lowest BCUT2D eigenvalue weighted by molar-refractivity contribution is 0.0136. The van der Waals surface area contributed by atoms with Crippen LogP contribution in [0.4, 0.5) is 8.78 Å². The van der Waals surface area contributed by atoms with Crippen LogP contribution in [0.25, 0.3) is 0 Å². The van der Waals surface area contributed by atoms with Crippen molar-refractivity contribution in [1.82, 2.24) is 4.90 Å². The Labute approximate surface area is 145 Å². The van der Waals surface area contributed by atoms with Crippen molar-refractivity contribution < 1.29 is 23.4 Å². The van der Waals surface area contributed by atoms with E-state index in [0.717, 1.165) is 22.6 Å². The number of carbonyl (C=O) groups excluding carboxylic acids is 1. The molecule has 1 amide bonds. The van der Waals surface area contributed by atoms with E-state index in [-0.39, 0.29) is 24.3 Å². The van der Waals surface area contributed by atoms with E-state index in [9.17, 15) is 18.7 Å². The number of halogens is 2. The van der Waals surface area contributed by atoms with Crippen molar-refractivity contribution in [2.45, 2.75) is 19.6 Å². The van der Waals surface area contributed by atoms with Crippen LogP contribution in [-0.2, 0) is 11.3 Å². The van der Waals surface area contributed by atoms with Crippen LogP contribution in [0.5, 0.6) is 0 Å². The molecule has 1 atom stereocenters. The summed E-state index contributed by atoms with van der Waals surface area (Å²) in [4.78, 5) is 13.4. The zero-order valence-electron chi connectivity index (χ0n) is 14.2. The summed E-state index contributed by atoms with van der Waals surface area (Å²) in [5, 5.41) is 9.97. The lowest BCUT2D eigenvalue weighted by Gasteiger charge is -2.21. The minimum Gasteiger partial charge on any atom is -0.389 e. The molecule has 0 aliphatic heterocycles. The van der Waals surface area contributed by atoms with Crippen LogP contribution in [0.1, 0.15) is 21.5 Å². The molecule has 0 fully saturated rings. The molecule has 1 N–H and O–H groups in total. The highest BCUT2D eigenvalue weighted by molar-refractivity contribution is 5.94. The standard InChI is InChI=1S/C19H21F2NO3/c1-13-8-18(21)16(9-17(13)20)19(24)22(2)10-15(23)12-25-11-14-6-4-3-5-7-14/h3-9,15,23H,10-12H2,1-2H3. The summed E-state index contributed by atoms with van der Waals surface area (Å²) >= 11 is 0. The molecule has 0 radical (unpaired) electrons. The number of benzene rings is 2. The summed E-state index contributed by atoms with van der Waals surface area (Å²) in [6.45, 7) is 1.73. The normalized spacial score (nSPS) is 12.0. The van der Waals surface area contributed by atoms with Gasteiger partial charge in [-0.1, -0.05) is 30.3 Å². The molecule has 0 aliphatic rings. The van der Waals surface area contributed by atoms with E-state index in [1.165, 1.54) is 14.0 Å². The Hall–Kier alpha value is -2.31. The minimum absolute atomic E-state index is 0.0251. The minimum atomic E-state index is -0.934. The summed E-state index contributed by atoms with van der Waals surface area (Å²) in [7, 11) is 1.42. The number of aliphatic hydroxyl groups is 1. The Balaban J connectivity index is 1.87. The summed E-state index contributed by atoms with van der Waals surface area (Å²) in [5.41, 5.74) is 0.741. The monoisotopic (exact) mass is 349 g/mol. The number of aryl methyl sites for hydroxylation is 1. The van der Waals surface area contributed by atoms with E-state index in [4.69, 9.17) is 4.74 Å². The molecule has 134 valence electrons. The van der Waals surface area contributed by atoms with Crippen LogP contribution in [-0.4, -0.2) is 42.2 Å². The van der Waals surface area contributed by atoms with Crippen molar-refractivity contribution in [3.8, 4) is 0 Å². The van der Waals surface area contributed by atoms with Crippen molar-refractivity contribution in [3.05, 3.63) is 70.8 Å². The van der Waals surface area contributed by atoms with E-state index < -0.39 is 23.6 Å². The predicted octanol–water partition coefficient (Wildman–Crippen LogP) is 2.92. The maximum Gasteiger partial charge on any atom is 0.256 e. The second kappa shape index (κ2) is 8.69. The predicted molar refractivity (Wildman–Crippen MR) is 90.2 cm³/mol. The Bertz CT molecular complexity index is 722. The van der Waals surface area contributed by atoms with Gasteiger partial charge in [0, 0.05) is 13.6 Å². The number of rotatable bonds is 7. The van der Waals surface area contributed by atoms with Gasteiger partial charge in [-0.2, -0.15) is 0 Å². The van der Waals surface area contributed by atoms with Gasteiger partial charge >= 0.3 is 0 Å². The number of likely N-dealkylation sites (N-methyl/N-ethyl adjacent to an activating group) is 1. The Morgan fingerprint density at radius 1 is 1.20 bits per heavy atom. The quantitative estimate of drug-likeness (QED) is 0.836. The van der Waals surface area contributed by atoms with Gasteiger partial charge < -0.3 is 14.7 Å². The third-order valence-corrected chi connectivity index (χ3v) is 3.73. The van der Waals surface area contributed by atoms with E-state index in [0.29, 0.717) is 6.61 Å². The van der Waals surface area contributed by atoms with Crippen molar-refractivity contribution in [1.29, 1.82) is 0 Å². The van der Waals surface area contributed by atoms with Gasteiger partial charge in [-0.05, 0) is 30.2 Å². The van der Waals surface area contributed by atoms with Gasteiger partial charge in [0.15, 0.2) is 0 Å². The van der Waals surface area contributed by atoms with Gasteiger partial charge in [-0.25, -0.2) is 8.78 Å². The molecule has 2 aromatic carbocycles. The number of aliphatic hydroxyl groups excluding tert-OH is 1. The third kappa shape index (κ3) is 5.34. The molecule has 0 heterocycles. The highest BCUT2D eigenvalue weighted by Crippen LogP contribution is 2.16. The van der Waals surface area contributed by atoms with Gasteiger partial charge in [-0.3, -0.25) is 4.79 Å². The first-order valence-electron chi connectivity index (χ1n) is 7.89. The third-order valence-electron chi connectivity index (χ3n) is 3.73. The fraction of sp³-hybridized carbons (Fsp3) is 0.316. The molecule has 0 aliphatic carbocycles.